The third kappa shape index (κ3) is 5.01. The highest BCUT2D eigenvalue weighted by Crippen LogP contribution is 2.21. The lowest BCUT2D eigenvalue weighted by Crippen LogP contribution is -2.45. The molecule has 0 aromatic carbocycles. The van der Waals surface area contributed by atoms with Gasteiger partial charge in [0.2, 0.25) is 0 Å². The van der Waals surface area contributed by atoms with E-state index in [2.05, 4.69) is 24.2 Å². The van der Waals surface area contributed by atoms with Gasteiger partial charge in [-0.05, 0) is 76.7 Å². The SMILES string of the molecule is CCCCn1c2c(cc(C(=O)NC3CCN(C)CC3)c1=O)CCCCCC2. The van der Waals surface area contributed by atoms with E-state index < -0.39 is 0 Å². The molecule has 150 valence electrons. The van der Waals surface area contributed by atoms with Crippen molar-refractivity contribution in [2.75, 3.05) is 20.1 Å². The molecule has 1 aliphatic heterocycles. The monoisotopic (exact) mass is 373 g/mol. The lowest BCUT2D eigenvalue weighted by atomic mass is 9.95. The lowest BCUT2D eigenvalue weighted by molar-refractivity contribution is 0.0914. The number of fused-ring (bicyclic) bond motifs is 1. The maximum atomic E-state index is 13.2. The van der Waals surface area contributed by atoms with Crippen LogP contribution in [-0.2, 0) is 19.4 Å². The molecular formula is C22H35N3O2. The van der Waals surface area contributed by atoms with Crippen LogP contribution >= 0.6 is 0 Å². The first-order valence-electron chi connectivity index (χ1n) is 10.8. The standard InChI is InChI=1S/C22H35N3O2/c1-3-4-13-25-20-10-8-6-5-7-9-17(20)16-19(22(25)27)21(26)23-18-11-14-24(2)15-12-18/h16,18H,3-15H2,1-2H3,(H,23,26). The molecule has 1 aliphatic carbocycles. The first-order valence-corrected chi connectivity index (χ1v) is 10.8. The number of rotatable bonds is 5. The highest BCUT2D eigenvalue weighted by Gasteiger charge is 2.23. The number of aromatic nitrogens is 1. The number of hydrogen-bond acceptors (Lipinski definition) is 3. The highest BCUT2D eigenvalue weighted by molar-refractivity contribution is 5.94. The number of carbonyl (C=O) groups is 1. The minimum absolute atomic E-state index is 0.0896. The molecule has 0 saturated carbocycles. The van der Waals surface area contributed by atoms with Gasteiger partial charge in [-0.3, -0.25) is 9.59 Å². The van der Waals surface area contributed by atoms with Crippen LogP contribution in [0.4, 0.5) is 0 Å². The number of nitrogens with one attached hydrogen (secondary N) is 1. The summed E-state index contributed by atoms with van der Waals surface area (Å²) in [5.41, 5.74) is 2.67. The maximum absolute atomic E-state index is 13.2. The predicted molar refractivity (Wildman–Crippen MR) is 109 cm³/mol. The Morgan fingerprint density at radius 3 is 2.56 bits per heavy atom. The zero-order valence-corrected chi connectivity index (χ0v) is 17.1. The molecule has 0 radical (unpaired) electrons. The molecule has 27 heavy (non-hydrogen) atoms. The van der Waals surface area contributed by atoms with Gasteiger partial charge in [0.25, 0.3) is 11.5 Å². The van der Waals surface area contributed by atoms with Gasteiger partial charge in [-0.1, -0.05) is 26.2 Å². The molecule has 0 atom stereocenters. The Bertz CT molecular complexity index is 702. The first kappa shape index (κ1) is 20.1. The quantitative estimate of drug-likeness (QED) is 0.863. The van der Waals surface area contributed by atoms with Crippen LogP contribution in [0.1, 0.15) is 79.9 Å². The Labute approximate surface area is 163 Å². The van der Waals surface area contributed by atoms with Gasteiger partial charge in [-0.2, -0.15) is 0 Å². The summed E-state index contributed by atoms with van der Waals surface area (Å²) in [5, 5.41) is 3.14. The van der Waals surface area contributed by atoms with Gasteiger partial charge < -0.3 is 14.8 Å². The Morgan fingerprint density at radius 1 is 1.15 bits per heavy atom. The topological polar surface area (TPSA) is 54.3 Å². The number of amides is 1. The fourth-order valence-electron chi connectivity index (χ4n) is 4.37. The van der Waals surface area contributed by atoms with Crippen LogP contribution in [0.2, 0.25) is 0 Å². The van der Waals surface area contributed by atoms with E-state index in [1.54, 1.807) is 0 Å². The van der Waals surface area contributed by atoms with Gasteiger partial charge in [0.15, 0.2) is 0 Å². The van der Waals surface area contributed by atoms with Gasteiger partial charge >= 0.3 is 0 Å². The fraction of sp³-hybridized carbons (Fsp3) is 0.727. The molecule has 1 saturated heterocycles. The Balaban J connectivity index is 1.88. The molecule has 1 fully saturated rings. The number of unbranched alkanes of at least 4 members (excludes halogenated alkanes) is 1. The number of piperidine rings is 1. The summed E-state index contributed by atoms with van der Waals surface area (Å²) in [5.74, 6) is -0.176. The van der Waals surface area contributed by atoms with Crippen molar-refractivity contribution in [3.63, 3.8) is 0 Å². The van der Waals surface area contributed by atoms with Crippen molar-refractivity contribution in [2.45, 2.75) is 83.7 Å². The number of hydrogen-bond donors (Lipinski definition) is 1. The van der Waals surface area contributed by atoms with Crippen LogP contribution < -0.4 is 10.9 Å². The minimum Gasteiger partial charge on any atom is -0.349 e. The van der Waals surface area contributed by atoms with Gasteiger partial charge in [-0.15, -0.1) is 0 Å². The Kier molecular flexibility index (Phi) is 7.11. The average Bonchev–Trinajstić information content (AvgIpc) is 2.64. The summed E-state index contributed by atoms with van der Waals surface area (Å²) in [7, 11) is 2.11. The molecule has 1 N–H and O–H groups in total. The summed E-state index contributed by atoms with van der Waals surface area (Å²) in [4.78, 5) is 28.4. The van der Waals surface area contributed by atoms with E-state index >= 15 is 0 Å². The summed E-state index contributed by atoms with van der Waals surface area (Å²) >= 11 is 0. The molecule has 5 heteroatoms. The van der Waals surface area contributed by atoms with Crippen molar-refractivity contribution in [2.24, 2.45) is 0 Å². The molecule has 1 aromatic rings. The second-order valence-corrected chi connectivity index (χ2v) is 8.31. The van der Waals surface area contributed by atoms with Crippen molar-refractivity contribution >= 4 is 5.91 Å². The normalized spacial score (nSPS) is 19.2. The molecule has 0 spiro atoms. The van der Waals surface area contributed by atoms with Gasteiger partial charge in [-0.25, -0.2) is 0 Å². The smallest absolute Gasteiger partial charge is 0.263 e. The average molecular weight is 374 g/mol. The van der Waals surface area contributed by atoms with E-state index in [0.717, 1.165) is 71.0 Å². The zero-order chi connectivity index (χ0) is 19.2. The number of carbonyl (C=O) groups excluding carboxylic acids is 1. The molecule has 1 amide bonds. The number of pyridine rings is 1. The van der Waals surface area contributed by atoms with E-state index in [4.69, 9.17) is 0 Å². The second kappa shape index (κ2) is 9.54. The Morgan fingerprint density at radius 2 is 1.85 bits per heavy atom. The molecule has 1 aromatic heterocycles. The minimum atomic E-state index is -0.176. The molecule has 5 nitrogen and oxygen atoms in total. The number of aryl methyl sites for hydroxylation is 1. The lowest BCUT2D eigenvalue weighted by Gasteiger charge is -2.29. The number of likely N-dealkylation sites (tertiary alicyclic amines) is 1. The van der Waals surface area contributed by atoms with Crippen molar-refractivity contribution in [1.29, 1.82) is 0 Å². The molecule has 3 rings (SSSR count). The second-order valence-electron chi connectivity index (χ2n) is 8.31. The highest BCUT2D eigenvalue weighted by atomic mass is 16.2. The third-order valence-corrected chi connectivity index (χ3v) is 6.13. The molecular weight excluding hydrogens is 338 g/mol. The van der Waals surface area contributed by atoms with Crippen LogP contribution in [0.5, 0.6) is 0 Å². The van der Waals surface area contributed by atoms with E-state index in [1.165, 1.54) is 24.1 Å². The largest absolute Gasteiger partial charge is 0.349 e. The predicted octanol–water partition coefficient (Wildman–Crippen LogP) is 3.13. The van der Waals surface area contributed by atoms with E-state index in [-0.39, 0.29) is 17.5 Å². The number of nitrogens with zero attached hydrogens (tertiary/aromatic N) is 2. The van der Waals surface area contributed by atoms with Crippen molar-refractivity contribution in [1.82, 2.24) is 14.8 Å². The van der Waals surface area contributed by atoms with Crippen LogP contribution in [-0.4, -0.2) is 41.6 Å². The fourth-order valence-corrected chi connectivity index (χ4v) is 4.37. The van der Waals surface area contributed by atoms with Crippen LogP contribution in [0.15, 0.2) is 10.9 Å². The van der Waals surface area contributed by atoms with E-state index in [9.17, 15) is 9.59 Å². The molecule has 0 bridgehead atoms. The van der Waals surface area contributed by atoms with Crippen LogP contribution in [0.25, 0.3) is 0 Å². The van der Waals surface area contributed by atoms with Gasteiger partial charge in [0, 0.05) is 18.3 Å². The summed E-state index contributed by atoms with van der Waals surface area (Å²) < 4.78 is 1.92. The summed E-state index contributed by atoms with van der Waals surface area (Å²) in [6, 6.07) is 2.09. The summed E-state index contributed by atoms with van der Waals surface area (Å²) in [6.45, 7) is 4.87. The van der Waals surface area contributed by atoms with Gasteiger partial charge in [0.1, 0.15) is 5.56 Å². The van der Waals surface area contributed by atoms with Crippen LogP contribution in [0.3, 0.4) is 0 Å². The first-order chi connectivity index (χ1) is 13.1. The third-order valence-electron chi connectivity index (χ3n) is 6.13. The van der Waals surface area contributed by atoms with Crippen molar-refractivity contribution in [3.8, 4) is 0 Å². The van der Waals surface area contributed by atoms with E-state index in [0.29, 0.717) is 5.56 Å². The van der Waals surface area contributed by atoms with Crippen molar-refractivity contribution in [3.05, 3.63) is 33.2 Å². The maximum Gasteiger partial charge on any atom is 0.263 e. The zero-order valence-electron chi connectivity index (χ0n) is 17.1. The Hall–Kier alpha value is -1.62. The molecule has 0 unspecified atom stereocenters. The molecule has 2 heterocycles. The summed E-state index contributed by atoms with van der Waals surface area (Å²) in [6.07, 6.45) is 10.6. The van der Waals surface area contributed by atoms with Gasteiger partial charge in [0.05, 0.1) is 0 Å². The molecule has 2 aliphatic rings. The van der Waals surface area contributed by atoms with E-state index in [1.807, 2.05) is 10.6 Å². The van der Waals surface area contributed by atoms with Crippen molar-refractivity contribution < 1.29 is 4.79 Å². The van der Waals surface area contributed by atoms with Crippen LogP contribution in [0, 0.1) is 0 Å².